The fourth-order valence-corrected chi connectivity index (χ4v) is 1.55. The van der Waals surface area contributed by atoms with Gasteiger partial charge >= 0.3 is 0 Å². The molecule has 0 aromatic heterocycles. The Kier molecular flexibility index (Phi) is 4.11. The molecule has 0 saturated carbocycles. The maximum Gasteiger partial charge on any atom is 0.157 e. The molecular formula is C9H7BrOS. The summed E-state index contributed by atoms with van der Waals surface area (Å²) in [6.07, 6.45) is 0.774. The molecule has 1 rings (SSSR count). The predicted octanol–water partition coefficient (Wildman–Crippen LogP) is 3.21. The number of allylic oxidation sites excluding steroid dienone is 1. The van der Waals surface area contributed by atoms with Gasteiger partial charge in [-0.05, 0) is 33.5 Å². The maximum atomic E-state index is 10.2. The first-order valence-electron chi connectivity index (χ1n) is 3.35. The first-order valence-corrected chi connectivity index (χ1v) is 5.03. The summed E-state index contributed by atoms with van der Waals surface area (Å²) in [5, 5.41) is 1.77. The Morgan fingerprint density at radius 2 is 2.00 bits per heavy atom. The predicted molar refractivity (Wildman–Crippen MR) is 55.4 cm³/mol. The highest BCUT2D eigenvalue weighted by molar-refractivity contribution is 9.12. The molecule has 0 unspecified atom stereocenters. The van der Waals surface area contributed by atoms with E-state index < -0.39 is 0 Å². The molecule has 0 spiro atoms. The molecule has 0 N–H and O–H groups in total. The van der Waals surface area contributed by atoms with Crippen LogP contribution in [-0.4, -0.2) is 6.29 Å². The van der Waals surface area contributed by atoms with E-state index in [9.17, 15) is 4.79 Å². The van der Waals surface area contributed by atoms with E-state index in [1.807, 2.05) is 30.3 Å². The van der Waals surface area contributed by atoms with Crippen molar-refractivity contribution in [3.63, 3.8) is 0 Å². The number of aldehydes is 1. The third kappa shape index (κ3) is 3.24. The lowest BCUT2D eigenvalue weighted by atomic mass is 10.4. The summed E-state index contributed by atoms with van der Waals surface area (Å²) in [6.45, 7) is 0. The van der Waals surface area contributed by atoms with Gasteiger partial charge in [0.25, 0.3) is 0 Å². The molecular weight excluding hydrogens is 236 g/mol. The minimum atomic E-state index is 0.566. The summed E-state index contributed by atoms with van der Waals surface area (Å²) in [7, 11) is 0. The minimum Gasteiger partial charge on any atom is -0.297 e. The Bertz CT molecular complexity index is 282. The fourth-order valence-electron chi connectivity index (χ4n) is 0.651. The molecule has 3 heteroatoms. The van der Waals surface area contributed by atoms with Crippen LogP contribution in [0.1, 0.15) is 0 Å². The van der Waals surface area contributed by atoms with Crippen molar-refractivity contribution >= 4 is 34.0 Å². The van der Waals surface area contributed by atoms with Crippen molar-refractivity contribution in [1.29, 1.82) is 0 Å². The molecule has 1 nitrogen and oxygen atoms in total. The van der Waals surface area contributed by atoms with Gasteiger partial charge in [0.15, 0.2) is 6.29 Å². The number of rotatable bonds is 3. The number of hydrogen-bond donors (Lipinski definition) is 0. The molecule has 0 bridgehead atoms. The Balaban J connectivity index is 2.60. The number of halogens is 1. The minimum absolute atomic E-state index is 0.566. The van der Waals surface area contributed by atoms with Crippen LogP contribution in [0.3, 0.4) is 0 Å². The molecule has 0 aliphatic rings. The second kappa shape index (κ2) is 5.17. The quantitative estimate of drug-likeness (QED) is 0.460. The molecule has 1 aromatic carbocycles. The summed E-state index contributed by atoms with van der Waals surface area (Å²) >= 11 is 4.62. The highest BCUT2D eigenvalue weighted by atomic mass is 79.9. The van der Waals surface area contributed by atoms with Crippen LogP contribution >= 0.6 is 27.7 Å². The van der Waals surface area contributed by atoms with Crippen LogP contribution in [0, 0.1) is 0 Å². The largest absolute Gasteiger partial charge is 0.297 e. The average Bonchev–Trinajstić information content (AvgIpc) is 2.16. The Hall–Kier alpha value is -0.540. The van der Waals surface area contributed by atoms with Gasteiger partial charge in [-0.2, -0.15) is 0 Å². The molecule has 0 atom stereocenters. The van der Waals surface area contributed by atoms with E-state index in [-0.39, 0.29) is 0 Å². The highest BCUT2D eigenvalue weighted by Gasteiger charge is 1.89. The van der Waals surface area contributed by atoms with E-state index >= 15 is 0 Å². The molecule has 0 fully saturated rings. The van der Waals surface area contributed by atoms with Gasteiger partial charge in [-0.25, -0.2) is 0 Å². The van der Waals surface area contributed by atoms with E-state index in [1.54, 1.807) is 5.41 Å². The van der Waals surface area contributed by atoms with Crippen LogP contribution in [0.25, 0.3) is 0 Å². The lowest BCUT2D eigenvalue weighted by molar-refractivity contribution is -0.104. The van der Waals surface area contributed by atoms with Gasteiger partial charge in [-0.3, -0.25) is 4.79 Å². The second-order valence-corrected chi connectivity index (χ2v) is 3.91. The normalized spacial score (nSPS) is 11.2. The van der Waals surface area contributed by atoms with E-state index in [2.05, 4.69) is 15.9 Å². The van der Waals surface area contributed by atoms with Gasteiger partial charge in [0.2, 0.25) is 0 Å². The van der Waals surface area contributed by atoms with Crippen LogP contribution in [0.4, 0.5) is 0 Å². The Labute approximate surface area is 84.0 Å². The average molecular weight is 243 g/mol. The Morgan fingerprint density at radius 1 is 1.33 bits per heavy atom. The molecule has 0 heterocycles. The van der Waals surface area contributed by atoms with Crippen LogP contribution < -0.4 is 0 Å². The molecule has 62 valence electrons. The smallest absolute Gasteiger partial charge is 0.157 e. The van der Waals surface area contributed by atoms with Crippen molar-refractivity contribution in [3.8, 4) is 0 Å². The fraction of sp³-hybridized carbons (Fsp3) is 0. The van der Waals surface area contributed by atoms with Crippen LogP contribution in [-0.2, 0) is 4.79 Å². The third-order valence-electron chi connectivity index (χ3n) is 1.16. The molecule has 0 aliphatic heterocycles. The number of thioether (sulfide) groups is 1. The molecule has 0 aliphatic carbocycles. The topological polar surface area (TPSA) is 17.1 Å². The molecule has 12 heavy (non-hydrogen) atoms. The van der Waals surface area contributed by atoms with Gasteiger partial charge < -0.3 is 0 Å². The van der Waals surface area contributed by atoms with E-state index in [0.29, 0.717) is 4.48 Å². The molecule has 1 aromatic rings. The molecule has 0 saturated heterocycles. The maximum absolute atomic E-state index is 10.2. The number of carbonyl (C=O) groups excluding carboxylic acids is 1. The zero-order chi connectivity index (χ0) is 8.81. The summed E-state index contributed by atoms with van der Waals surface area (Å²) in [4.78, 5) is 11.3. The first-order chi connectivity index (χ1) is 5.83. The van der Waals surface area contributed by atoms with E-state index in [4.69, 9.17) is 0 Å². The molecule has 0 radical (unpaired) electrons. The van der Waals surface area contributed by atoms with Gasteiger partial charge in [-0.15, -0.1) is 0 Å². The number of carbonyl (C=O) groups is 1. The summed E-state index contributed by atoms with van der Waals surface area (Å²) in [5.41, 5.74) is 0. The summed E-state index contributed by atoms with van der Waals surface area (Å²) in [6, 6.07) is 9.87. The van der Waals surface area contributed by atoms with Gasteiger partial charge in [0.1, 0.15) is 0 Å². The van der Waals surface area contributed by atoms with Crippen molar-refractivity contribution < 1.29 is 4.79 Å². The van der Waals surface area contributed by atoms with Gasteiger partial charge in [-0.1, -0.05) is 30.0 Å². The van der Waals surface area contributed by atoms with Crippen LogP contribution in [0.5, 0.6) is 0 Å². The van der Waals surface area contributed by atoms with Crippen molar-refractivity contribution in [2.75, 3.05) is 0 Å². The Morgan fingerprint density at radius 3 is 2.58 bits per heavy atom. The summed E-state index contributed by atoms with van der Waals surface area (Å²) < 4.78 is 0.566. The highest BCUT2D eigenvalue weighted by Crippen LogP contribution is 2.20. The number of benzene rings is 1. The van der Waals surface area contributed by atoms with Crippen molar-refractivity contribution in [2.24, 2.45) is 0 Å². The first kappa shape index (κ1) is 9.55. The monoisotopic (exact) mass is 242 g/mol. The van der Waals surface area contributed by atoms with Crippen molar-refractivity contribution in [1.82, 2.24) is 0 Å². The van der Waals surface area contributed by atoms with Crippen molar-refractivity contribution in [3.05, 3.63) is 40.2 Å². The SMILES string of the molecule is O=C/C(Br)=C/Sc1ccccc1. The lowest BCUT2D eigenvalue weighted by Crippen LogP contribution is -1.69. The summed E-state index contributed by atoms with van der Waals surface area (Å²) in [5.74, 6) is 0. The second-order valence-electron chi connectivity index (χ2n) is 2.05. The van der Waals surface area contributed by atoms with E-state index in [1.165, 1.54) is 11.8 Å². The van der Waals surface area contributed by atoms with Gasteiger partial charge in [0, 0.05) is 4.90 Å². The zero-order valence-corrected chi connectivity index (χ0v) is 8.64. The standard InChI is InChI=1S/C9H7BrOS/c10-8(6-11)7-12-9-4-2-1-3-5-9/h1-7H/b8-7-. The van der Waals surface area contributed by atoms with Crippen LogP contribution in [0.15, 0.2) is 45.1 Å². The molecule has 0 amide bonds. The lowest BCUT2D eigenvalue weighted by Gasteiger charge is -1.93. The number of hydrogen-bond acceptors (Lipinski definition) is 2. The zero-order valence-electron chi connectivity index (χ0n) is 6.24. The van der Waals surface area contributed by atoms with Crippen molar-refractivity contribution in [2.45, 2.75) is 4.90 Å². The van der Waals surface area contributed by atoms with Gasteiger partial charge in [0.05, 0.1) is 4.48 Å². The third-order valence-corrected chi connectivity index (χ3v) is 2.80. The van der Waals surface area contributed by atoms with E-state index in [0.717, 1.165) is 11.2 Å². The van der Waals surface area contributed by atoms with Crippen LogP contribution in [0.2, 0.25) is 0 Å².